The molecule has 2 atom stereocenters. The Hall–Kier alpha value is -0.930. The number of rotatable bonds is 4. The molecular formula is C15H25N3. The van der Waals surface area contributed by atoms with Crippen LogP contribution in [0.1, 0.15) is 44.0 Å². The Morgan fingerprint density at radius 1 is 1.44 bits per heavy atom. The van der Waals surface area contributed by atoms with Gasteiger partial charge in [-0.15, -0.1) is 0 Å². The lowest BCUT2D eigenvalue weighted by Crippen LogP contribution is -2.40. The van der Waals surface area contributed by atoms with E-state index in [2.05, 4.69) is 35.9 Å². The summed E-state index contributed by atoms with van der Waals surface area (Å²) in [6.07, 6.45) is 4.58. The fraction of sp³-hybridized carbons (Fsp3) is 0.667. The third-order valence-electron chi connectivity index (χ3n) is 4.05. The molecule has 2 rings (SSSR count). The molecule has 2 heterocycles. The van der Waals surface area contributed by atoms with Crippen molar-refractivity contribution in [2.75, 3.05) is 13.1 Å². The lowest BCUT2D eigenvalue weighted by molar-refractivity contribution is 0.149. The molecule has 0 bridgehead atoms. The molecule has 0 spiro atoms. The minimum Gasteiger partial charge on any atom is -0.329 e. The highest BCUT2D eigenvalue weighted by Gasteiger charge is 2.32. The van der Waals surface area contributed by atoms with Crippen LogP contribution in [0.4, 0.5) is 0 Å². The summed E-state index contributed by atoms with van der Waals surface area (Å²) < 4.78 is 0. The molecule has 2 N–H and O–H groups in total. The summed E-state index contributed by atoms with van der Waals surface area (Å²) in [5.41, 5.74) is 8.34. The molecular weight excluding hydrogens is 222 g/mol. The molecule has 100 valence electrons. The molecule has 3 heteroatoms. The molecule has 0 radical (unpaired) electrons. The number of hydrogen-bond donors (Lipinski definition) is 1. The highest BCUT2D eigenvalue weighted by atomic mass is 15.2. The van der Waals surface area contributed by atoms with Gasteiger partial charge in [0.05, 0.1) is 0 Å². The number of nitrogens with two attached hydrogens (primary N) is 1. The third-order valence-corrected chi connectivity index (χ3v) is 4.05. The Kier molecular flexibility index (Phi) is 4.36. The van der Waals surface area contributed by atoms with E-state index in [1.807, 2.05) is 13.1 Å². The predicted molar refractivity (Wildman–Crippen MR) is 75.3 cm³/mol. The summed E-state index contributed by atoms with van der Waals surface area (Å²) in [5, 5.41) is 0. The molecule has 1 fully saturated rings. The number of hydrogen-bond acceptors (Lipinski definition) is 3. The van der Waals surface area contributed by atoms with Crippen molar-refractivity contribution in [3.63, 3.8) is 0 Å². The number of aromatic nitrogens is 1. The first-order chi connectivity index (χ1) is 8.63. The molecule has 1 aromatic heterocycles. The van der Waals surface area contributed by atoms with Crippen molar-refractivity contribution >= 4 is 0 Å². The lowest BCUT2D eigenvalue weighted by atomic mass is 9.99. The highest BCUT2D eigenvalue weighted by Crippen LogP contribution is 2.32. The number of likely N-dealkylation sites (tertiary alicyclic amines) is 1. The SMILES string of the molecule is Cc1ccc(C(CN)N2CCCC2C(C)C)cn1. The Bertz CT molecular complexity index is 372. The first-order valence-electron chi connectivity index (χ1n) is 7.02. The van der Waals surface area contributed by atoms with Gasteiger partial charge in [-0.25, -0.2) is 0 Å². The Balaban J connectivity index is 2.20. The monoisotopic (exact) mass is 247 g/mol. The van der Waals surface area contributed by atoms with Crippen LogP contribution in [-0.2, 0) is 0 Å². The molecule has 3 nitrogen and oxygen atoms in total. The van der Waals surface area contributed by atoms with E-state index in [1.165, 1.54) is 24.9 Å². The van der Waals surface area contributed by atoms with Crippen LogP contribution < -0.4 is 5.73 Å². The zero-order valence-electron chi connectivity index (χ0n) is 11.8. The first-order valence-corrected chi connectivity index (χ1v) is 7.02. The maximum absolute atomic E-state index is 6.02. The molecule has 0 aromatic carbocycles. The fourth-order valence-electron chi connectivity index (χ4n) is 3.06. The van der Waals surface area contributed by atoms with Crippen molar-refractivity contribution in [2.45, 2.75) is 45.7 Å². The third kappa shape index (κ3) is 2.73. The highest BCUT2D eigenvalue weighted by molar-refractivity contribution is 5.18. The van der Waals surface area contributed by atoms with Gasteiger partial charge in [-0.3, -0.25) is 9.88 Å². The zero-order chi connectivity index (χ0) is 13.1. The van der Waals surface area contributed by atoms with E-state index in [-0.39, 0.29) is 0 Å². The minimum absolute atomic E-state index is 0.327. The van der Waals surface area contributed by atoms with Crippen molar-refractivity contribution in [3.8, 4) is 0 Å². The van der Waals surface area contributed by atoms with E-state index in [4.69, 9.17) is 5.73 Å². The van der Waals surface area contributed by atoms with Crippen LogP contribution in [0.2, 0.25) is 0 Å². The number of pyridine rings is 1. The van der Waals surface area contributed by atoms with Gasteiger partial charge in [-0.05, 0) is 43.9 Å². The Morgan fingerprint density at radius 2 is 2.22 bits per heavy atom. The second-order valence-corrected chi connectivity index (χ2v) is 5.68. The van der Waals surface area contributed by atoms with E-state index in [1.54, 1.807) is 0 Å². The van der Waals surface area contributed by atoms with Crippen LogP contribution in [-0.4, -0.2) is 29.0 Å². The normalized spacial score (nSPS) is 22.6. The van der Waals surface area contributed by atoms with E-state index in [9.17, 15) is 0 Å². The molecule has 1 aromatic rings. The van der Waals surface area contributed by atoms with Crippen LogP contribution >= 0.6 is 0 Å². The standard InChI is InChI=1S/C15H25N3/c1-11(2)14-5-4-8-18(14)15(9-16)13-7-6-12(3)17-10-13/h6-7,10-11,14-15H,4-5,8-9,16H2,1-3H3. The zero-order valence-corrected chi connectivity index (χ0v) is 11.8. The summed E-state index contributed by atoms with van der Waals surface area (Å²) >= 11 is 0. The lowest BCUT2D eigenvalue weighted by Gasteiger charge is -2.34. The maximum Gasteiger partial charge on any atom is 0.0488 e. The number of aryl methyl sites for hydroxylation is 1. The van der Waals surface area contributed by atoms with Crippen molar-refractivity contribution in [3.05, 3.63) is 29.6 Å². The minimum atomic E-state index is 0.327. The van der Waals surface area contributed by atoms with E-state index in [0.717, 1.165) is 5.69 Å². The largest absolute Gasteiger partial charge is 0.329 e. The number of nitrogens with zero attached hydrogens (tertiary/aromatic N) is 2. The topological polar surface area (TPSA) is 42.1 Å². The van der Waals surface area contributed by atoms with Gasteiger partial charge in [0.2, 0.25) is 0 Å². The summed E-state index contributed by atoms with van der Waals surface area (Å²) in [6, 6.07) is 5.25. The molecule has 1 aliphatic rings. The average Bonchev–Trinajstić information content (AvgIpc) is 2.82. The first kappa shape index (κ1) is 13.5. The Labute approximate surface area is 110 Å². The van der Waals surface area contributed by atoms with Crippen molar-refractivity contribution in [2.24, 2.45) is 11.7 Å². The molecule has 18 heavy (non-hydrogen) atoms. The van der Waals surface area contributed by atoms with Crippen LogP contribution in [0.15, 0.2) is 18.3 Å². The van der Waals surface area contributed by atoms with Gasteiger partial charge in [0.1, 0.15) is 0 Å². The average molecular weight is 247 g/mol. The summed E-state index contributed by atoms with van der Waals surface area (Å²) in [5.74, 6) is 0.694. The molecule has 1 saturated heterocycles. The van der Waals surface area contributed by atoms with Gasteiger partial charge in [0, 0.05) is 30.5 Å². The molecule has 0 aliphatic carbocycles. The quantitative estimate of drug-likeness (QED) is 0.889. The fourth-order valence-corrected chi connectivity index (χ4v) is 3.06. The van der Waals surface area contributed by atoms with Crippen LogP contribution in [0.5, 0.6) is 0 Å². The molecule has 2 unspecified atom stereocenters. The van der Waals surface area contributed by atoms with Crippen molar-refractivity contribution in [1.29, 1.82) is 0 Å². The van der Waals surface area contributed by atoms with Gasteiger partial charge in [-0.2, -0.15) is 0 Å². The predicted octanol–water partition coefficient (Wildman–Crippen LogP) is 2.51. The second-order valence-electron chi connectivity index (χ2n) is 5.68. The van der Waals surface area contributed by atoms with E-state index < -0.39 is 0 Å². The van der Waals surface area contributed by atoms with Gasteiger partial charge in [0.15, 0.2) is 0 Å². The van der Waals surface area contributed by atoms with Crippen molar-refractivity contribution < 1.29 is 0 Å². The van der Waals surface area contributed by atoms with Gasteiger partial charge in [-0.1, -0.05) is 19.9 Å². The van der Waals surface area contributed by atoms with Gasteiger partial charge in [0.25, 0.3) is 0 Å². The van der Waals surface area contributed by atoms with Crippen LogP contribution in [0.3, 0.4) is 0 Å². The summed E-state index contributed by atoms with van der Waals surface area (Å²) in [6.45, 7) is 8.48. The maximum atomic E-state index is 6.02. The smallest absolute Gasteiger partial charge is 0.0488 e. The van der Waals surface area contributed by atoms with Gasteiger partial charge >= 0.3 is 0 Å². The molecule has 1 aliphatic heterocycles. The summed E-state index contributed by atoms with van der Waals surface area (Å²) in [4.78, 5) is 6.99. The second kappa shape index (κ2) is 5.81. The van der Waals surface area contributed by atoms with Crippen molar-refractivity contribution in [1.82, 2.24) is 9.88 Å². The van der Waals surface area contributed by atoms with Gasteiger partial charge < -0.3 is 5.73 Å². The van der Waals surface area contributed by atoms with Crippen LogP contribution in [0, 0.1) is 12.8 Å². The molecule has 0 saturated carbocycles. The van der Waals surface area contributed by atoms with E-state index in [0.29, 0.717) is 24.5 Å². The van der Waals surface area contributed by atoms with Crippen LogP contribution in [0.25, 0.3) is 0 Å². The summed E-state index contributed by atoms with van der Waals surface area (Å²) in [7, 11) is 0. The molecule has 0 amide bonds. The van der Waals surface area contributed by atoms with E-state index >= 15 is 0 Å². The Morgan fingerprint density at radius 3 is 2.78 bits per heavy atom.